The molecule has 0 fully saturated rings. The van der Waals surface area contributed by atoms with Crippen LogP contribution in [0.3, 0.4) is 0 Å². The van der Waals surface area contributed by atoms with E-state index in [1.54, 1.807) is 0 Å². The molecule has 206 valence electrons. The number of fused-ring (bicyclic) bond motifs is 9. The second-order valence-electron chi connectivity index (χ2n) is 11.6. The van der Waals surface area contributed by atoms with Crippen molar-refractivity contribution in [3.05, 3.63) is 121 Å². The summed E-state index contributed by atoms with van der Waals surface area (Å²) in [6.45, 7) is 3.89. The maximum Gasteiger partial charge on any atom is 0.245 e. The van der Waals surface area contributed by atoms with Crippen LogP contribution in [0.25, 0.3) is 77.3 Å². The molecule has 0 atom stereocenters. The Morgan fingerprint density at radius 1 is 0.395 bits per heavy atom. The number of para-hydroxylation sites is 2. The molecule has 0 aliphatic carbocycles. The lowest BCUT2D eigenvalue weighted by molar-refractivity contribution is -0.0778. The summed E-state index contributed by atoms with van der Waals surface area (Å²) in [5, 5.41) is 4.48. The Morgan fingerprint density at radius 2 is 0.791 bits per heavy atom. The van der Waals surface area contributed by atoms with E-state index in [4.69, 9.17) is 18.3 Å². The van der Waals surface area contributed by atoms with Crippen LogP contribution >= 0.6 is 0 Å². The average Bonchev–Trinajstić information content (AvgIpc) is 3.55. The average molecular weight is 559 g/mol. The SMILES string of the molecule is CC1(C)Oc2ccc(-c3ccc4c(c3)oc3ccccc34)cc2-c2cc(-c3ccc4c(c3)oc3ccccc34)ccc2O1. The van der Waals surface area contributed by atoms with E-state index in [-0.39, 0.29) is 0 Å². The summed E-state index contributed by atoms with van der Waals surface area (Å²) < 4.78 is 25.2. The van der Waals surface area contributed by atoms with E-state index >= 15 is 0 Å². The fourth-order valence-corrected chi connectivity index (χ4v) is 6.38. The van der Waals surface area contributed by atoms with Gasteiger partial charge in [-0.05, 0) is 82.9 Å². The molecule has 9 rings (SSSR count). The molecule has 0 N–H and O–H groups in total. The lowest BCUT2D eigenvalue weighted by Gasteiger charge is -2.25. The molecule has 0 unspecified atom stereocenters. The molecule has 3 heterocycles. The first kappa shape index (κ1) is 24.2. The molecular weight excluding hydrogens is 532 g/mol. The molecule has 1 aliphatic rings. The lowest BCUT2D eigenvalue weighted by Crippen LogP contribution is -2.34. The smallest absolute Gasteiger partial charge is 0.245 e. The zero-order valence-corrected chi connectivity index (χ0v) is 23.7. The third-order valence-corrected chi connectivity index (χ3v) is 8.38. The molecule has 0 amide bonds. The van der Waals surface area contributed by atoms with E-state index in [2.05, 4.69) is 72.8 Å². The molecule has 4 nitrogen and oxygen atoms in total. The maximum atomic E-state index is 6.41. The van der Waals surface area contributed by atoms with Crippen LogP contribution < -0.4 is 9.47 Å². The number of ether oxygens (including phenoxy) is 2. The Balaban J connectivity index is 1.19. The zero-order chi connectivity index (χ0) is 28.7. The number of benzene rings is 6. The Morgan fingerprint density at radius 3 is 1.28 bits per heavy atom. The van der Waals surface area contributed by atoms with Gasteiger partial charge in [0.1, 0.15) is 33.8 Å². The van der Waals surface area contributed by atoms with Crippen molar-refractivity contribution in [2.45, 2.75) is 19.6 Å². The predicted molar refractivity (Wildman–Crippen MR) is 173 cm³/mol. The van der Waals surface area contributed by atoms with Gasteiger partial charge in [0.2, 0.25) is 5.79 Å². The summed E-state index contributed by atoms with van der Waals surface area (Å²) >= 11 is 0. The topological polar surface area (TPSA) is 44.7 Å². The van der Waals surface area contributed by atoms with E-state index in [1.807, 2.05) is 62.4 Å². The molecule has 0 saturated heterocycles. The normalized spacial score (nSPS) is 13.9. The maximum absolute atomic E-state index is 6.41. The van der Waals surface area contributed by atoms with Crippen LogP contribution in [-0.2, 0) is 0 Å². The van der Waals surface area contributed by atoms with Gasteiger partial charge in [0, 0.05) is 46.5 Å². The van der Waals surface area contributed by atoms with E-state index in [1.165, 1.54) is 0 Å². The molecule has 4 heteroatoms. The van der Waals surface area contributed by atoms with Crippen molar-refractivity contribution in [3.8, 4) is 44.9 Å². The zero-order valence-electron chi connectivity index (χ0n) is 23.7. The Kier molecular flexibility index (Phi) is 4.92. The monoisotopic (exact) mass is 558 g/mol. The molecule has 0 saturated carbocycles. The van der Waals surface area contributed by atoms with E-state index in [0.717, 1.165) is 88.8 Å². The summed E-state index contributed by atoms with van der Waals surface area (Å²) in [4.78, 5) is 0. The van der Waals surface area contributed by atoms with Crippen molar-refractivity contribution in [3.63, 3.8) is 0 Å². The Labute approximate surface area is 247 Å². The minimum absolute atomic E-state index is 0.780. The minimum Gasteiger partial charge on any atom is -0.456 e. The number of hydrogen-bond donors (Lipinski definition) is 0. The van der Waals surface area contributed by atoms with Gasteiger partial charge in [0.05, 0.1) is 0 Å². The summed E-state index contributed by atoms with van der Waals surface area (Å²) in [6.07, 6.45) is 0. The van der Waals surface area contributed by atoms with Crippen LogP contribution in [0.5, 0.6) is 11.5 Å². The fraction of sp³-hybridized carbons (Fsp3) is 0.0769. The van der Waals surface area contributed by atoms with E-state index in [0.29, 0.717) is 0 Å². The van der Waals surface area contributed by atoms with Crippen LogP contribution in [0.2, 0.25) is 0 Å². The summed E-state index contributed by atoms with van der Waals surface area (Å²) in [5.74, 6) is 0.730. The lowest BCUT2D eigenvalue weighted by atomic mass is 9.94. The van der Waals surface area contributed by atoms with Crippen LogP contribution in [0.4, 0.5) is 0 Å². The van der Waals surface area contributed by atoms with Crippen molar-refractivity contribution in [2.24, 2.45) is 0 Å². The van der Waals surface area contributed by atoms with Crippen molar-refractivity contribution in [1.29, 1.82) is 0 Å². The first-order valence-electron chi connectivity index (χ1n) is 14.5. The van der Waals surface area contributed by atoms with Crippen LogP contribution in [0, 0.1) is 0 Å². The third-order valence-electron chi connectivity index (χ3n) is 8.38. The summed E-state index contributed by atoms with van der Waals surface area (Å²) in [5.41, 5.74) is 9.80. The molecule has 1 aliphatic heterocycles. The van der Waals surface area contributed by atoms with Crippen LogP contribution in [0.15, 0.2) is 130 Å². The number of rotatable bonds is 2. The van der Waals surface area contributed by atoms with Gasteiger partial charge in [-0.2, -0.15) is 0 Å². The van der Waals surface area contributed by atoms with Gasteiger partial charge < -0.3 is 18.3 Å². The highest BCUT2D eigenvalue weighted by Crippen LogP contribution is 2.46. The highest BCUT2D eigenvalue weighted by Gasteiger charge is 2.30. The first-order valence-corrected chi connectivity index (χ1v) is 14.5. The highest BCUT2D eigenvalue weighted by atomic mass is 16.7. The number of hydrogen-bond acceptors (Lipinski definition) is 4. The highest BCUT2D eigenvalue weighted by molar-refractivity contribution is 6.07. The Bertz CT molecular complexity index is 2220. The second-order valence-corrected chi connectivity index (χ2v) is 11.6. The molecule has 0 bridgehead atoms. The molecule has 8 aromatic rings. The first-order chi connectivity index (χ1) is 21.0. The van der Waals surface area contributed by atoms with E-state index < -0.39 is 5.79 Å². The van der Waals surface area contributed by atoms with Gasteiger partial charge in [-0.1, -0.05) is 60.7 Å². The van der Waals surface area contributed by atoms with Crippen molar-refractivity contribution >= 4 is 43.9 Å². The molecule has 43 heavy (non-hydrogen) atoms. The summed E-state index contributed by atoms with van der Waals surface area (Å²) in [7, 11) is 0. The fourth-order valence-electron chi connectivity index (χ4n) is 6.38. The van der Waals surface area contributed by atoms with E-state index in [9.17, 15) is 0 Å². The van der Waals surface area contributed by atoms with Gasteiger partial charge in [-0.15, -0.1) is 0 Å². The molecule has 0 spiro atoms. The standard InChI is InChI=1S/C39H26O4/c1-39(2)42-35-17-13-23(25-11-15-29-27-7-3-5-9-33(27)40-37(29)21-25)19-31(35)32-20-24(14-18-36(32)43-39)26-12-16-30-28-8-4-6-10-34(28)41-38(30)22-26/h3-22H,1-2H3. The largest absolute Gasteiger partial charge is 0.456 e. The Hall–Kier alpha value is -5.48. The molecule has 2 aromatic heterocycles. The van der Waals surface area contributed by atoms with Gasteiger partial charge >= 0.3 is 0 Å². The van der Waals surface area contributed by atoms with Gasteiger partial charge in [0.15, 0.2) is 0 Å². The van der Waals surface area contributed by atoms with Crippen molar-refractivity contribution in [2.75, 3.05) is 0 Å². The van der Waals surface area contributed by atoms with Gasteiger partial charge in [-0.25, -0.2) is 0 Å². The van der Waals surface area contributed by atoms with Crippen LogP contribution in [-0.4, -0.2) is 5.79 Å². The van der Waals surface area contributed by atoms with Crippen molar-refractivity contribution < 1.29 is 18.3 Å². The quantitative estimate of drug-likeness (QED) is 0.212. The summed E-state index contributed by atoms with van der Waals surface area (Å²) in [6, 6.07) is 41.8. The minimum atomic E-state index is -0.830. The van der Waals surface area contributed by atoms with Crippen molar-refractivity contribution in [1.82, 2.24) is 0 Å². The third kappa shape index (κ3) is 3.84. The number of furan rings is 2. The second kappa shape index (κ2) is 8.76. The van der Waals surface area contributed by atoms with Crippen LogP contribution in [0.1, 0.15) is 13.8 Å². The predicted octanol–water partition coefficient (Wildman–Crippen LogP) is 11.0. The molecule has 0 radical (unpaired) electrons. The molecule has 6 aromatic carbocycles. The van der Waals surface area contributed by atoms with Gasteiger partial charge in [0.25, 0.3) is 0 Å². The van der Waals surface area contributed by atoms with Gasteiger partial charge in [-0.3, -0.25) is 0 Å². The molecular formula is C39H26O4.